The lowest BCUT2D eigenvalue weighted by Gasteiger charge is -2.15. The monoisotopic (exact) mass is 462 g/mol. The Hall–Kier alpha value is -3.52. The maximum atomic E-state index is 12.8. The quantitative estimate of drug-likeness (QED) is 0.465. The Morgan fingerprint density at radius 3 is 2.22 bits per heavy atom. The second kappa shape index (κ2) is 9.74. The van der Waals surface area contributed by atoms with Crippen molar-refractivity contribution >= 4 is 34.8 Å². The summed E-state index contributed by atoms with van der Waals surface area (Å²) in [6, 6.07) is 17.1. The number of anilines is 2. The minimum atomic E-state index is -4.54. The number of hydrogen-bond acceptors (Lipinski definition) is 3. The Morgan fingerprint density at radius 1 is 0.875 bits per heavy atom. The molecule has 32 heavy (non-hydrogen) atoms. The van der Waals surface area contributed by atoms with E-state index in [0.717, 1.165) is 5.56 Å². The summed E-state index contributed by atoms with van der Waals surface area (Å²) < 4.78 is 42.3. The van der Waals surface area contributed by atoms with Gasteiger partial charge in [0.1, 0.15) is 5.75 Å². The van der Waals surface area contributed by atoms with Crippen LogP contribution in [0.2, 0.25) is 5.02 Å². The third kappa shape index (κ3) is 6.24. The summed E-state index contributed by atoms with van der Waals surface area (Å²) in [5.74, 6) is -1.13. The number of amides is 2. The highest BCUT2D eigenvalue weighted by atomic mass is 35.5. The normalized spacial score (nSPS) is 11.0. The van der Waals surface area contributed by atoms with E-state index >= 15 is 0 Å². The number of hydrogen-bond donors (Lipinski definition) is 2. The van der Waals surface area contributed by atoms with Gasteiger partial charge in [-0.1, -0.05) is 35.9 Å². The van der Waals surface area contributed by atoms with Crippen LogP contribution in [0, 0.1) is 6.92 Å². The van der Waals surface area contributed by atoms with Gasteiger partial charge in [0.25, 0.3) is 11.8 Å². The van der Waals surface area contributed by atoms with E-state index in [2.05, 4.69) is 10.6 Å². The van der Waals surface area contributed by atoms with Crippen LogP contribution in [0.15, 0.2) is 66.7 Å². The lowest BCUT2D eigenvalue weighted by Crippen LogP contribution is -2.20. The van der Waals surface area contributed by atoms with E-state index in [1.807, 2.05) is 0 Å². The van der Waals surface area contributed by atoms with E-state index in [0.29, 0.717) is 11.3 Å². The molecular formula is C23H18ClF3N2O3. The lowest BCUT2D eigenvalue weighted by molar-refractivity contribution is -0.153. The SMILES string of the molecule is Cc1ccc(C(=O)Nc2cc(Cl)ccc2OCC(F)(F)F)cc1NC(=O)c1ccccc1. The molecule has 0 aliphatic carbocycles. The third-order valence-electron chi connectivity index (χ3n) is 4.37. The lowest BCUT2D eigenvalue weighted by atomic mass is 10.1. The van der Waals surface area contributed by atoms with Crippen LogP contribution in [0.25, 0.3) is 0 Å². The molecule has 3 aromatic rings. The number of alkyl halides is 3. The van der Waals surface area contributed by atoms with Gasteiger partial charge in [0.05, 0.1) is 5.69 Å². The summed E-state index contributed by atoms with van der Waals surface area (Å²) in [5.41, 5.74) is 1.77. The molecule has 3 rings (SSSR count). The van der Waals surface area contributed by atoms with E-state index < -0.39 is 18.7 Å². The molecule has 2 N–H and O–H groups in total. The summed E-state index contributed by atoms with van der Waals surface area (Å²) in [6.45, 7) is 0.250. The largest absolute Gasteiger partial charge is 0.482 e. The van der Waals surface area contributed by atoms with Gasteiger partial charge < -0.3 is 15.4 Å². The molecule has 9 heteroatoms. The van der Waals surface area contributed by atoms with Crippen molar-refractivity contribution in [1.29, 1.82) is 0 Å². The maximum absolute atomic E-state index is 12.8. The Labute approximate surface area is 187 Å². The molecule has 0 aliphatic heterocycles. The maximum Gasteiger partial charge on any atom is 0.422 e. The molecule has 166 valence electrons. The standard InChI is InChI=1S/C23H18ClF3N2O3/c1-14-7-8-16(11-18(14)28-21(30)15-5-3-2-4-6-15)22(31)29-19-12-17(24)9-10-20(19)32-13-23(25,26)27/h2-12H,13H2,1H3,(H,28,30)(H,29,31). The van der Waals surface area contributed by atoms with Gasteiger partial charge in [-0.05, 0) is 55.0 Å². The predicted molar refractivity (Wildman–Crippen MR) is 117 cm³/mol. The van der Waals surface area contributed by atoms with Crippen molar-refractivity contribution in [3.05, 3.63) is 88.4 Å². The van der Waals surface area contributed by atoms with Crippen molar-refractivity contribution in [1.82, 2.24) is 0 Å². The molecule has 0 fully saturated rings. The highest BCUT2D eigenvalue weighted by Crippen LogP contribution is 2.30. The molecular weight excluding hydrogens is 445 g/mol. The first-order chi connectivity index (χ1) is 15.1. The van der Waals surface area contributed by atoms with E-state index in [9.17, 15) is 22.8 Å². The fourth-order valence-corrected chi connectivity index (χ4v) is 2.93. The molecule has 5 nitrogen and oxygen atoms in total. The van der Waals surface area contributed by atoms with E-state index in [-0.39, 0.29) is 27.9 Å². The smallest absolute Gasteiger partial charge is 0.422 e. The van der Waals surface area contributed by atoms with Crippen LogP contribution < -0.4 is 15.4 Å². The van der Waals surface area contributed by atoms with Crippen LogP contribution >= 0.6 is 11.6 Å². The van der Waals surface area contributed by atoms with Gasteiger partial charge in [-0.2, -0.15) is 13.2 Å². The van der Waals surface area contributed by atoms with Gasteiger partial charge in [-0.3, -0.25) is 9.59 Å². The molecule has 0 spiro atoms. The van der Waals surface area contributed by atoms with Crippen molar-refractivity contribution in [2.45, 2.75) is 13.1 Å². The number of benzene rings is 3. The molecule has 0 saturated carbocycles. The minimum absolute atomic E-state index is 0.0119. The molecule has 0 saturated heterocycles. The van der Waals surface area contributed by atoms with Crippen molar-refractivity contribution in [3.8, 4) is 5.75 Å². The average Bonchev–Trinajstić information content (AvgIpc) is 2.74. The van der Waals surface area contributed by atoms with Gasteiger partial charge in [-0.25, -0.2) is 0 Å². The number of ether oxygens (including phenoxy) is 1. The topological polar surface area (TPSA) is 67.4 Å². The van der Waals surface area contributed by atoms with Crippen molar-refractivity contribution in [2.75, 3.05) is 17.2 Å². The molecule has 0 aromatic heterocycles. The van der Waals surface area contributed by atoms with Crippen molar-refractivity contribution in [2.24, 2.45) is 0 Å². The zero-order valence-electron chi connectivity index (χ0n) is 16.8. The Morgan fingerprint density at radius 2 is 1.53 bits per heavy atom. The van der Waals surface area contributed by atoms with Crippen LogP contribution in [0.3, 0.4) is 0 Å². The van der Waals surface area contributed by atoms with Crippen LogP contribution in [0.1, 0.15) is 26.3 Å². The van der Waals surface area contributed by atoms with Gasteiger partial charge in [0, 0.05) is 21.8 Å². The molecule has 0 radical (unpaired) electrons. The second-order valence-corrected chi connectivity index (χ2v) is 7.28. The fourth-order valence-electron chi connectivity index (χ4n) is 2.76. The minimum Gasteiger partial charge on any atom is -0.482 e. The summed E-state index contributed by atoms with van der Waals surface area (Å²) in [7, 11) is 0. The predicted octanol–water partition coefficient (Wildman–Crippen LogP) is 6.09. The molecule has 0 bridgehead atoms. The first-order valence-corrected chi connectivity index (χ1v) is 9.78. The van der Waals surface area contributed by atoms with Crippen LogP contribution in [-0.2, 0) is 0 Å². The Kier molecular flexibility index (Phi) is 7.05. The zero-order chi connectivity index (χ0) is 23.3. The summed E-state index contributed by atoms with van der Waals surface area (Å²) in [6.07, 6.45) is -4.54. The van der Waals surface area contributed by atoms with Crippen molar-refractivity contribution < 1.29 is 27.5 Å². The molecule has 2 amide bonds. The van der Waals surface area contributed by atoms with E-state index in [1.54, 1.807) is 43.3 Å². The van der Waals surface area contributed by atoms with Crippen LogP contribution in [-0.4, -0.2) is 24.6 Å². The molecule has 3 aromatic carbocycles. The number of rotatable bonds is 6. The molecule has 0 heterocycles. The second-order valence-electron chi connectivity index (χ2n) is 6.85. The van der Waals surface area contributed by atoms with Crippen LogP contribution in [0.4, 0.5) is 24.5 Å². The molecule has 0 unspecified atom stereocenters. The van der Waals surface area contributed by atoms with Gasteiger partial charge >= 0.3 is 6.18 Å². The summed E-state index contributed by atoms with van der Waals surface area (Å²) >= 11 is 5.92. The van der Waals surface area contributed by atoms with Crippen molar-refractivity contribution in [3.63, 3.8) is 0 Å². The summed E-state index contributed by atoms with van der Waals surface area (Å²) in [4.78, 5) is 25.2. The van der Waals surface area contributed by atoms with Gasteiger partial charge in [0.2, 0.25) is 0 Å². The first kappa shape index (κ1) is 23.1. The van der Waals surface area contributed by atoms with Crippen LogP contribution in [0.5, 0.6) is 5.75 Å². The highest BCUT2D eigenvalue weighted by molar-refractivity contribution is 6.31. The van der Waals surface area contributed by atoms with E-state index in [1.165, 1.54) is 30.3 Å². The highest BCUT2D eigenvalue weighted by Gasteiger charge is 2.29. The molecule has 0 atom stereocenters. The Balaban J connectivity index is 1.79. The van der Waals surface area contributed by atoms with Gasteiger partial charge in [0.15, 0.2) is 6.61 Å². The number of carbonyl (C=O) groups is 2. The Bertz CT molecular complexity index is 1140. The van der Waals surface area contributed by atoms with Gasteiger partial charge in [-0.15, -0.1) is 0 Å². The third-order valence-corrected chi connectivity index (χ3v) is 4.60. The first-order valence-electron chi connectivity index (χ1n) is 9.40. The number of halogens is 4. The molecule has 0 aliphatic rings. The summed E-state index contributed by atoms with van der Waals surface area (Å²) in [5, 5.41) is 5.47. The average molecular weight is 463 g/mol. The number of nitrogens with one attached hydrogen (secondary N) is 2. The number of carbonyl (C=O) groups excluding carboxylic acids is 2. The fraction of sp³-hybridized carbons (Fsp3) is 0.130. The zero-order valence-corrected chi connectivity index (χ0v) is 17.6. The van der Waals surface area contributed by atoms with E-state index in [4.69, 9.17) is 16.3 Å². The number of aryl methyl sites for hydroxylation is 1.